The Balaban J connectivity index is 2.04. The van der Waals surface area contributed by atoms with E-state index in [-0.39, 0.29) is 24.3 Å². The Kier molecular flexibility index (Phi) is 5.85. The first-order valence-corrected chi connectivity index (χ1v) is 8.13. The van der Waals surface area contributed by atoms with Crippen molar-refractivity contribution in [3.8, 4) is 0 Å². The van der Waals surface area contributed by atoms with Crippen LogP contribution < -0.4 is 0 Å². The quantitative estimate of drug-likeness (QED) is 0.732. The second kappa shape index (κ2) is 7.64. The molecule has 1 aliphatic rings. The molecule has 0 unspecified atom stereocenters. The van der Waals surface area contributed by atoms with E-state index in [1.54, 1.807) is 24.0 Å². The van der Waals surface area contributed by atoms with Gasteiger partial charge in [0.2, 0.25) is 0 Å². The normalized spacial score (nSPS) is 15.1. The van der Waals surface area contributed by atoms with Gasteiger partial charge in [-0.2, -0.15) is 0 Å². The van der Waals surface area contributed by atoms with E-state index in [1.807, 2.05) is 0 Å². The van der Waals surface area contributed by atoms with Crippen molar-refractivity contribution in [1.29, 1.82) is 0 Å². The smallest absolute Gasteiger partial charge is 0.307 e. The standard InChI is InChI=1S/C15H20BrNO4/c1-2-20-14(18)9-10-17(11-5-3-4-6-11)15(19)12-7-8-13(16)21-12/h7-8,11H,2-6,9-10H2,1H3. The molecule has 0 saturated heterocycles. The van der Waals surface area contributed by atoms with Gasteiger partial charge < -0.3 is 14.1 Å². The van der Waals surface area contributed by atoms with E-state index in [9.17, 15) is 9.59 Å². The predicted octanol–water partition coefficient (Wildman–Crippen LogP) is 3.38. The van der Waals surface area contributed by atoms with Crippen LogP contribution in [0, 0.1) is 0 Å². The first-order valence-electron chi connectivity index (χ1n) is 7.33. The van der Waals surface area contributed by atoms with E-state index < -0.39 is 0 Å². The molecule has 0 bridgehead atoms. The van der Waals surface area contributed by atoms with E-state index in [1.165, 1.54) is 0 Å². The SMILES string of the molecule is CCOC(=O)CCN(C(=O)c1ccc(Br)o1)C1CCCC1. The van der Waals surface area contributed by atoms with Crippen molar-refractivity contribution < 1.29 is 18.7 Å². The van der Waals surface area contributed by atoms with Gasteiger partial charge in [-0.25, -0.2) is 0 Å². The van der Waals surface area contributed by atoms with Gasteiger partial charge in [0, 0.05) is 12.6 Å². The molecule has 116 valence electrons. The molecule has 1 aliphatic carbocycles. The fourth-order valence-corrected chi connectivity index (χ4v) is 2.99. The number of rotatable bonds is 6. The number of furan rings is 1. The lowest BCUT2D eigenvalue weighted by Gasteiger charge is -2.27. The van der Waals surface area contributed by atoms with Crippen LogP contribution in [0.15, 0.2) is 21.2 Å². The first-order chi connectivity index (χ1) is 10.1. The minimum atomic E-state index is -0.270. The van der Waals surface area contributed by atoms with Gasteiger partial charge in [0.1, 0.15) is 0 Å². The molecule has 21 heavy (non-hydrogen) atoms. The van der Waals surface area contributed by atoms with Crippen LogP contribution in [0.1, 0.15) is 49.6 Å². The molecular weight excluding hydrogens is 338 g/mol. The molecule has 5 nitrogen and oxygen atoms in total. The maximum Gasteiger partial charge on any atom is 0.307 e. The zero-order valence-corrected chi connectivity index (χ0v) is 13.7. The van der Waals surface area contributed by atoms with Gasteiger partial charge in [0.25, 0.3) is 5.91 Å². The molecule has 0 spiro atoms. The third-order valence-corrected chi connectivity index (χ3v) is 4.10. The molecule has 0 radical (unpaired) electrons. The first kappa shape index (κ1) is 16.1. The zero-order valence-electron chi connectivity index (χ0n) is 12.1. The number of carbonyl (C=O) groups excluding carboxylic acids is 2. The van der Waals surface area contributed by atoms with Crippen LogP contribution >= 0.6 is 15.9 Å². The van der Waals surface area contributed by atoms with Gasteiger partial charge in [-0.3, -0.25) is 9.59 Å². The second-order valence-corrected chi connectivity index (χ2v) is 5.88. The predicted molar refractivity (Wildman–Crippen MR) is 81.0 cm³/mol. The zero-order chi connectivity index (χ0) is 15.2. The Bertz CT molecular complexity index is 494. The fourth-order valence-electron chi connectivity index (χ4n) is 2.68. The molecule has 1 heterocycles. The molecule has 0 atom stereocenters. The molecule has 1 amide bonds. The van der Waals surface area contributed by atoms with E-state index in [0.717, 1.165) is 25.7 Å². The summed E-state index contributed by atoms with van der Waals surface area (Å²) < 4.78 is 10.8. The summed E-state index contributed by atoms with van der Waals surface area (Å²) in [4.78, 5) is 25.9. The van der Waals surface area contributed by atoms with Crippen molar-refractivity contribution >= 4 is 27.8 Å². The number of halogens is 1. The average Bonchev–Trinajstić information content (AvgIpc) is 3.10. The van der Waals surface area contributed by atoms with Gasteiger partial charge in [-0.1, -0.05) is 12.8 Å². The molecule has 1 aromatic heterocycles. The van der Waals surface area contributed by atoms with Gasteiger partial charge in [0.15, 0.2) is 10.4 Å². The molecule has 0 aliphatic heterocycles. The van der Waals surface area contributed by atoms with Crippen LogP contribution in [-0.2, 0) is 9.53 Å². The van der Waals surface area contributed by atoms with Crippen LogP contribution in [0.5, 0.6) is 0 Å². The van der Waals surface area contributed by atoms with E-state index in [2.05, 4.69) is 15.9 Å². The number of esters is 1. The van der Waals surface area contributed by atoms with Crippen LogP contribution in [0.2, 0.25) is 0 Å². The molecule has 1 fully saturated rings. The summed E-state index contributed by atoms with van der Waals surface area (Å²) in [5.41, 5.74) is 0. The monoisotopic (exact) mass is 357 g/mol. The number of carbonyl (C=O) groups is 2. The second-order valence-electron chi connectivity index (χ2n) is 5.10. The number of hydrogen-bond acceptors (Lipinski definition) is 4. The van der Waals surface area contributed by atoms with Crippen molar-refractivity contribution in [2.24, 2.45) is 0 Å². The molecular formula is C15H20BrNO4. The van der Waals surface area contributed by atoms with Gasteiger partial charge >= 0.3 is 5.97 Å². The molecule has 0 N–H and O–H groups in total. The fraction of sp³-hybridized carbons (Fsp3) is 0.600. The largest absolute Gasteiger partial charge is 0.466 e. The lowest BCUT2D eigenvalue weighted by Crippen LogP contribution is -2.40. The summed E-state index contributed by atoms with van der Waals surface area (Å²) in [6.07, 6.45) is 4.43. The number of ether oxygens (including phenoxy) is 1. The highest BCUT2D eigenvalue weighted by Crippen LogP contribution is 2.26. The Morgan fingerprint density at radius 2 is 2.10 bits per heavy atom. The number of hydrogen-bond donors (Lipinski definition) is 0. The Morgan fingerprint density at radius 1 is 1.38 bits per heavy atom. The minimum absolute atomic E-state index is 0.156. The van der Waals surface area contributed by atoms with Crippen LogP contribution in [0.3, 0.4) is 0 Å². The highest BCUT2D eigenvalue weighted by Gasteiger charge is 2.29. The maximum absolute atomic E-state index is 12.6. The summed E-state index contributed by atoms with van der Waals surface area (Å²) in [6.45, 7) is 2.51. The number of amides is 1. The highest BCUT2D eigenvalue weighted by atomic mass is 79.9. The highest BCUT2D eigenvalue weighted by molar-refractivity contribution is 9.10. The van der Waals surface area contributed by atoms with Crippen molar-refractivity contribution in [1.82, 2.24) is 4.90 Å². The van der Waals surface area contributed by atoms with Crippen molar-refractivity contribution in [3.05, 3.63) is 22.6 Å². The average molecular weight is 358 g/mol. The molecule has 6 heteroatoms. The third kappa shape index (κ3) is 4.33. The van der Waals surface area contributed by atoms with Gasteiger partial charge in [0.05, 0.1) is 13.0 Å². The Labute approximate surface area is 132 Å². The topological polar surface area (TPSA) is 59.8 Å². The van der Waals surface area contributed by atoms with E-state index in [4.69, 9.17) is 9.15 Å². The summed E-state index contributed by atoms with van der Waals surface area (Å²) in [5, 5.41) is 0. The van der Waals surface area contributed by atoms with Crippen molar-refractivity contribution in [3.63, 3.8) is 0 Å². The Morgan fingerprint density at radius 3 is 2.67 bits per heavy atom. The third-order valence-electron chi connectivity index (χ3n) is 3.67. The Hall–Kier alpha value is -1.30. The summed E-state index contributed by atoms with van der Waals surface area (Å²) in [7, 11) is 0. The van der Waals surface area contributed by atoms with Crippen LogP contribution in [0.25, 0.3) is 0 Å². The minimum Gasteiger partial charge on any atom is -0.466 e. The molecule has 1 saturated carbocycles. The van der Waals surface area contributed by atoms with Crippen molar-refractivity contribution in [2.45, 2.75) is 45.1 Å². The number of nitrogens with zero attached hydrogens (tertiary/aromatic N) is 1. The van der Waals surface area contributed by atoms with Crippen LogP contribution in [-0.4, -0.2) is 36.0 Å². The summed E-state index contributed by atoms with van der Waals surface area (Å²) in [5.74, 6) is -0.122. The van der Waals surface area contributed by atoms with E-state index >= 15 is 0 Å². The molecule has 0 aromatic carbocycles. The van der Waals surface area contributed by atoms with Crippen molar-refractivity contribution in [2.75, 3.05) is 13.2 Å². The summed E-state index contributed by atoms with van der Waals surface area (Å²) in [6, 6.07) is 3.54. The lowest BCUT2D eigenvalue weighted by atomic mass is 10.2. The lowest BCUT2D eigenvalue weighted by molar-refractivity contribution is -0.143. The van der Waals surface area contributed by atoms with E-state index in [0.29, 0.717) is 23.6 Å². The van der Waals surface area contributed by atoms with Gasteiger partial charge in [-0.15, -0.1) is 0 Å². The van der Waals surface area contributed by atoms with Gasteiger partial charge in [-0.05, 0) is 47.8 Å². The maximum atomic E-state index is 12.6. The molecule has 2 rings (SSSR count). The van der Waals surface area contributed by atoms with Crippen LogP contribution in [0.4, 0.5) is 0 Å². The molecule has 1 aromatic rings. The summed E-state index contributed by atoms with van der Waals surface area (Å²) >= 11 is 3.20.